The van der Waals surface area contributed by atoms with Crippen LogP contribution in [0.25, 0.3) is 5.00 Å². The summed E-state index contributed by atoms with van der Waals surface area (Å²) in [7, 11) is 0. The lowest BCUT2D eigenvalue weighted by molar-refractivity contribution is -0.141. The number of fused-ring (bicyclic) bond motifs is 3. The Morgan fingerprint density at radius 2 is 1.89 bits per heavy atom. The van der Waals surface area contributed by atoms with E-state index >= 15 is 0 Å². The normalized spacial score (nSPS) is 16.8. The maximum absolute atomic E-state index is 11.8. The Kier molecular flexibility index (Phi) is 4.59. The van der Waals surface area contributed by atoms with Gasteiger partial charge in [0.25, 0.3) is 0 Å². The first-order valence-corrected chi connectivity index (χ1v) is 10.1. The van der Waals surface area contributed by atoms with Crippen LogP contribution in [-0.4, -0.2) is 31.6 Å². The van der Waals surface area contributed by atoms with Gasteiger partial charge in [-0.15, -0.1) is 21.5 Å². The Balaban J connectivity index is 2.06. The molecule has 0 radical (unpaired) electrons. The lowest BCUT2D eigenvalue weighted by Gasteiger charge is -2.16. The van der Waals surface area contributed by atoms with E-state index in [0.717, 1.165) is 27.4 Å². The molecular formula is C20H19ClN4O2S. The lowest BCUT2D eigenvalue weighted by Crippen LogP contribution is -2.21. The highest BCUT2D eigenvalue weighted by Gasteiger charge is 2.36. The molecule has 1 aromatic carbocycles. The van der Waals surface area contributed by atoms with Crippen LogP contribution in [0.15, 0.2) is 29.3 Å². The van der Waals surface area contributed by atoms with E-state index in [2.05, 4.69) is 24.0 Å². The van der Waals surface area contributed by atoms with Crippen molar-refractivity contribution in [3.63, 3.8) is 0 Å². The standard InChI is InChI=1S/C20H19ClN4O2S/c1-9-11(3)28-19-15(9)17(13-5-7-14(21)8-6-13)22-16(10(2)20(26)27)18-24-23-12(4)25(18)19/h5-8,10,16H,1-4H3,(H,26,27)/t10?,16-/m0/s1. The molecule has 1 unspecified atom stereocenters. The van der Waals surface area contributed by atoms with Gasteiger partial charge in [-0.25, -0.2) is 0 Å². The number of aryl methyl sites for hydroxylation is 2. The van der Waals surface area contributed by atoms with Crippen molar-refractivity contribution in [2.24, 2.45) is 10.9 Å². The predicted molar refractivity (Wildman–Crippen MR) is 110 cm³/mol. The highest BCUT2D eigenvalue weighted by Crippen LogP contribution is 2.40. The molecule has 6 nitrogen and oxygen atoms in total. The van der Waals surface area contributed by atoms with Gasteiger partial charge in [0.2, 0.25) is 0 Å². The number of carbonyl (C=O) groups is 1. The number of benzene rings is 1. The summed E-state index contributed by atoms with van der Waals surface area (Å²) in [5.41, 5.74) is 3.77. The highest BCUT2D eigenvalue weighted by atomic mass is 35.5. The average Bonchev–Trinajstić information content (AvgIpc) is 3.12. The van der Waals surface area contributed by atoms with Crippen molar-refractivity contribution >= 4 is 34.6 Å². The number of nitrogens with zero attached hydrogens (tertiary/aromatic N) is 4. The van der Waals surface area contributed by atoms with Gasteiger partial charge in [0.15, 0.2) is 5.82 Å². The number of aliphatic carboxylic acids is 1. The van der Waals surface area contributed by atoms with Crippen molar-refractivity contribution in [1.29, 1.82) is 0 Å². The first-order valence-electron chi connectivity index (χ1n) is 8.88. The number of aromatic nitrogens is 3. The SMILES string of the molecule is Cc1sc2c(c1C)C(c1ccc(Cl)cc1)=N[C@@H](C(C)C(=O)O)c1nnc(C)n1-2. The number of hydrogen-bond acceptors (Lipinski definition) is 5. The van der Waals surface area contributed by atoms with Gasteiger partial charge in [0.1, 0.15) is 16.9 Å². The van der Waals surface area contributed by atoms with Crippen LogP contribution >= 0.6 is 22.9 Å². The second-order valence-electron chi connectivity index (χ2n) is 6.96. The summed E-state index contributed by atoms with van der Waals surface area (Å²) in [4.78, 5) is 17.9. The number of aliphatic imine (C=N–C) groups is 1. The fourth-order valence-corrected chi connectivity index (χ4v) is 4.76. The molecule has 0 fully saturated rings. The maximum Gasteiger partial charge on any atom is 0.308 e. The Morgan fingerprint density at radius 1 is 1.21 bits per heavy atom. The van der Waals surface area contributed by atoms with Crippen molar-refractivity contribution in [3.05, 3.63) is 62.5 Å². The molecule has 1 aliphatic heterocycles. The lowest BCUT2D eigenvalue weighted by atomic mass is 9.98. The van der Waals surface area contributed by atoms with E-state index in [0.29, 0.717) is 16.7 Å². The van der Waals surface area contributed by atoms with Crippen molar-refractivity contribution in [2.75, 3.05) is 0 Å². The molecule has 0 aliphatic carbocycles. The zero-order chi connectivity index (χ0) is 20.2. The van der Waals surface area contributed by atoms with Gasteiger partial charge in [-0.1, -0.05) is 23.7 Å². The second-order valence-corrected chi connectivity index (χ2v) is 8.60. The molecule has 3 heterocycles. The van der Waals surface area contributed by atoms with Crippen molar-refractivity contribution in [3.8, 4) is 5.00 Å². The summed E-state index contributed by atoms with van der Waals surface area (Å²) in [5.74, 6) is -0.402. The molecule has 144 valence electrons. The topological polar surface area (TPSA) is 80.4 Å². The summed E-state index contributed by atoms with van der Waals surface area (Å²) < 4.78 is 1.95. The number of carboxylic acids is 1. The molecule has 0 bridgehead atoms. The number of rotatable bonds is 3. The minimum absolute atomic E-state index is 0.555. The van der Waals surface area contributed by atoms with E-state index in [-0.39, 0.29) is 0 Å². The summed E-state index contributed by atoms with van der Waals surface area (Å²) in [6.07, 6.45) is 0. The average molecular weight is 415 g/mol. The van der Waals surface area contributed by atoms with Gasteiger partial charge >= 0.3 is 5.97 Å². The first kappa shape index (κ1) is 18.8. The van der Waals surface area contributed by atoms with Crippen LogP contribution in [-0.2, 0) is 4.79 Å². The van der Waals surface area contributed by atoms with Crippen LogP contribution in [0, 0.1) is 26.7 Å². The monoisotopic (exact) mass is 414 g/mol. The molecule has 0 saturated heterocycles. The number of halogens is 1. The third-order valence-electron chi connectivity index (χ3n) is 5.17. The van der Waals surface area contributed by atoms with Gasteiger partial charge in [0, 0.05) is 21.0 Å². The molecule has 2 aromatic heterocycles. The summed E-state index contributed by atoms with van der Waals surface area (Å²) in [6.45, 7) is 7.67. The van der Waals surface area contributed by atoms with E-state index in [1.54, 1.807) is 18.3 Å². The zero-order valence-corrected chi connectivity index (χ0v) is 17.5. The van der Waals surface area contributed by atoms with Gasteiger partial charge in [-0.3, -0.25) is 14.4 Å². The quantitative estimate of drug-likeness (QED) is 0.683. The van der Waals surface area contributed by atoms with Crippen LogP contribution < -0.4 is 0 Å². The number of hydrogen-bond donors (Lipinski definition) is 1. The van der Waals surface area contributed by atoms with E-state index in [1.807, 2.05) is 35.8 Å². The molecular weight excluding hydrogens is 396 g/mol. The zero-order valence-electron chi connectivity index (χ0n) is 15.9. The first-order chi connectivity index (χ1) is 13.3. The number of carboxylic acid groups (broad SMARTS) is 1. The molecule has 4 rings (SSSR count). The molecule has 0 spiro atoms. The van der Waals surface area contributed by atoms with E-state index < -0.39 is 17.9 Å². The molecule has 1 aliphatic rings. The van der Waals surface area contributed by atoms with Crippen LogP contribution in [0.3, 0.4) is 0 Å². The van der Waals surface area contributed by atoms with Crippen molar-refractivity contribution in [1.82, 2.24) is 14.8 Å². The van der Waals surface area contributed by atoms with Gasteiger partial charge in [-0.05, 0) is 45.4 Å². The maximum atomic E-state index is 11.8. The van der Waals surface area contributed by atoms with E-state index in [1.165, 1.54) is 4.88 Å². The van der Waals surface area contributed by atoms with Crippen LogP contribution in [0.4, 0.5) is 0 Å². The van der Waals surface area contributed by atoms with E-state index in [9.17, 15) is 9.90 Å². The van der Waals surface area contributed by atoms with Gasteiger partial charge in [-0.2, -0.15) is 0 Å². The predicted octanol–water partition coefficient (Wildman–Crippen LogP) is 4.52. The van der Waals surface area contributed by atoms with Crippen molar-refractivity contribution in [2.45, 2.75) is 33.7 Å². The third kappa shape index (κ3) is 2.86. The fourth-order valence-electron chi connectivity index (χ4n) is 3.43. The molecule has 0 amide bonds. The molecule has 28 heavy (non-hydrogen) atoms. The molecule has 2 atom stereocenters. The Morgan fingerprint density at radius 3 is 2.54 bits per heavy atom. The van der Waals surface area contributed by atoms with Gasteiger partial charge in [0.05, 0.1) is 11.6 Å². The van der Waals surface area contributed by atoms with Crippen molar-refractivity contribution < 1.29 is 9.90 Å². The van der Waals surface area contributed by atoms with Crippen LogP contribution in [0.2, 0.25) is 5.02 Å². The highest BCUT2D eigenvalue weighted by molar-refractivity contribution is 7.15. The molecule has 1 N–H and O–H groups in total. The second kappa shape index (κ2) is 6.83. The minimum Gasteiger partial charge on any atom is -0.481 e. The molecule has 3 aromatic rings. The van der Waals surface area contributed by atoms with Crippen LogP contribution in [0.5, 0.6) is 0 Å². The minimum atomic E-state index is -0.922. The van der Waals surface area contributed by atoms with Crippen LogP contribution in [0.1, 0.15) is 46.2 Å². The summed E-state index contributed by atoms with van der Waals surface area (Å²) >= 11 is 7.72. The number of thiophene rings is 1. The van der Waals surface area contributed by atoms with Gasteiger partial charge < -0.3 is 5.11 Å². The fraction of sp³-hybridized carbons (Fsp3) is 0.300. The Bertz CT molecular complexity index is 1110. The Labute approximate surface area is 171 Å². The molecule has 8 heteroatoms. The van der Waals surface area contributed by atoms with E-state index in [4.69, 9.17) is 16.6 Å². The largest absolute Gasteiger partial charge is 0.481 e. The Hall–Kier alpha value is -2.51. The summed E-state index contributed by atoms with van der Waals surface area (Å²) in [5, 5.41) is 19.8. The third-order valence-corrected chi connectivity index (χ3v) is 6.61. The molecule has 0 saturated carbocycles. The smallest absolute Gasteiger partial charge is 0.308 e. The summed E-state index contributed by atoms with van der Waals surface area (Å²) in [6, 6.07) is 6.82.